The minimum Gasteiger partial charge on any atom is -0.465 e. The monoisotopic (exact) mass is 306 g/mol. The number of carbonyl (C=O) groups is 1. The molecule has 0 radical (unpaired) electrons. The van der Waals surface area contributed by atoms with Crippen LogP contribution in [0.25, 0.3) is 0 Å². The summed E-state index contributed by atoms with van der Waals surface area (Å²) in [5.41, 5.74) is -0.930. The van der Waals surface area contributed by atoms with E-state index < -0.39 is 11.5 Å². The van der Waals surface area contributed by atoms with Gasteiger partial charge in [0, 0.05) is 14.7 Å². The first-order valence-corrected chi connectivity index (χ1v) is 6.66. The van der Waals surface area contributed by atoms with Crippen molar-refractivity contribution < 1.29 is 14.6 Å². The molecule has 0 saturated carbocycles. The van der Waals surface area contributed by atoms with Gasteiger partial charge in [-0.3, -0.25) is 4.79 Å². The van der Waals surface area contributed by atoms with E-state index in [0.29, 0.717) is 6.61 Å². The summed E-state index contributed by atoms with van der Waals surface area (Å²) in [6.07, 6.45) is -0.845. The molecule has 0 bridgehead atoms. The van der Waals surface area contributed by atoms with Crippen LogP contribution in [-0.2, 0) is 9.53 Å². The highest BCUT2D eigenvalue weighted by molar-refractivity contribution is 9.10. The molecule has 0 aliphatic carbocycles. The lowest BCUT2D eigenvalue weighted by atomic mass is 9.86. The molecule has 0 fully saturated rings. The van der Waals surface area contributed by atoms with E-state index in [0.717, 1.165) is 9.35 Å². The predicted molar refractivity (Wildman–Crippen MR) is 67.4 cm³/mol. The fourth-order valence-electron chi connectivity index (χ4n) is 1.26. The number of aliphatic hydroxyl groups excluding tert-OH is 1. The van der Waals surface area contributed by atoms with Crippen molar-refractivity contribution in [3.05, 3.63) is 20.8 Å². The summed E-state index contributed by atoms with van der Waals surface area (Å²) in [6, 6.07) is 1.82. The van der Waals surface area contributed by atoms with Gasteiger partial charge in [-0.25, -0.2) is 0 Å². The van der Waals surface area contributed by atoms with Gasteiger partial charge in [0.1, 0.15) is 6.10 Å². The molecule has 1 aromatic rings. The molecule has 1 N–H and O–H groups in total. The molecule has 0 saturated heterocycles. The Morgan fingerprint density at radius 1 is 1.69 bits per heavy atom. The molecule has 90 valence electrons. The second-order valence-electron chi connectivity index (χ2n) is 4.01. The minimum absolute atomic E-state index is 0.323. The number of carbonyl (C=O) groups excluding carboxylic acids is 1. The largest absolute Gasteiger partial charge is 0.465 e. The maximum absolute atomic E-state index is 11.7. The van der Waals surface area contributed by atoms with Crippen molar-refractivity contribution in [2.24, 2.45) is 5.41 Å². The minimum atomic E-state index is -0.930. The van der Waals surface area contributed by atoms with Gasteiger partial charge in [-0.05, 0) is 42.8 Å². The predicted octanol–water partition coefficient (Wildman–Crippen LogP) is 3.13. The lowest BCUT2D eigenvalue weighted by Crippen LogP contribution is -2.32. The van der Waals surface area contributed by atoms with Gasteiger partial charge in [0.05, 0.1) is 12.0 Å². The van der Waals surface area contributed by atoms with Crippen LogP contribution in [0.4, 0.5) is 0 Å². The summed E-state index contributed by atoms with van der Waals surface area (Å²) < 4.78 is 5.86. The van der Waals surface area contributed by atoms with Crippen molar-refractivity contribution in [3.63, 3.8) is 0 Å². The summed E-state index contributed by atoms with van der Waals surface area (Å²) in [4.78, 5) is 12.5. The highest BCUT2D eigenvalue weighted by atomic mass is 79.9. The van der Waals surface area contributed by atoms with E-state index >= 15 is 0 Å². The van der Waals surface area contributed by atoms with Crippen LogP contribution in [0.3, 0.4) is 0 Å². The number of thiophene rings is 1. The Bertz CT molecular complexity index is 373. The quantitative estimate of drug-likeness (QED) is 0.869. The fraction of sp³-hybridized carbons (Fsp3) is 0.545. The van der Waals surface area contributed by atoms with Crippen LogP contribution in [0.1, 0.15) is 31.8 Å². The van der Waals surface area contributed by atoms with Crippen LogP contribution in [-0.4, -0.2) is 17.7 Å². The summed E-state index contributed by atoms with van der Waals surface area (Å²) in [6.45, 7) is 5.44. The van der Waals surface area contributed by atoms with Crippen LogP contribution in [0, 0.1) is 5.41 Å². The van der Waals surface area contributed by atoms with Gasteiger partial charge in [-0.15, -0.1) is 11.3 Å². The lowest BCUT2D eigenvalue weighted by Gasteiger charge is -2.27. The Labute approximate surface area is 108 Å². The zero-order valence-corrected chi connectivity index (χ0v) is 11.9. The Morgan fingerprint density at radius 2 is 2.31 bits per heavy atom. The maximum Gasteiger partial charge on any atom is 0.314 e. The Kier molecular flexibility index (Phi) is 4.52. The smallest absolute Gasteiger partial charge is 0.314 e. The number of aliphatic hydroxyl groups is 1. The molecule has 1 aromatic heterocycles. The van der Waals surface area contributed by atoms with Crippen molar-refractivity contribution in [1.82, 2.24) is 0 Å². The summed E-state index contributed by atoms with van der Waals surface area (Å²) >= 11 is 4.73. The third kappa shape index (κ3) is 2.84. The Morgan fingerprint density at radius 3 is 2.75 bits per heavy atom. The molecular weight excluding hydrogens is 292 g/mol. The molecule has 0 aliphatic heterocycles. The van der Waals surface area contributed by atoms with Crippen LogP contribution in [0.5, 0.6) is 0 Å². The first-order chi connectivity index (χ1) is 7.39. The first kappa shape index (κ1) is 13.7. The SMILES string of the molecule is CCOC(=O)C(C)(C)C(O)c1cc(Br)cs1. The van der Waals surface area contributed by atoms with Crippen LogP contribution >= 0.6 is 27.3 Å². The van der Waals surface area contributed by atoms with Gasteiger partial charge < -0.3 is 9.84 Å². The number of halogens is 1. The van der Waals surface area contributed by atoms with Crippen LogP contribution in [0.2, 0.25) is 0 Å². The lowest BCUT2D eigenvalue weighted by molar-refractivity contribution is -0.160. The van der Waals surface area contributed by atoms with Gasteiger partial charge >= 0.3 is 5.97 Å². The van der Waals surface area contributed by atoms with E-state index in [9.17, 15) is 9.90 Å². The molecular formula is C11H15BrO3S. The molecule has 0 aliphatic rings. The molecule has 5 heteroatoms. The number of esters is 1. The Balaban J connectivity index is 2.87. The fourth-order valence-corrected chi connectivity index (χ4v) is 2.87. The number of hydrogen-bond donors (Lipinski definition) is 1. The van der Waals surface area contributed by atoms with E-state index in [2.05, 4.69) is 15.9 Å². The third-order valence-electron chi connectivity index (χ3n) is 2.34. The molecule has 16 heavy (non-hydrogen) atoms. The Hall–Kier alpha value is -0.390. The first-order valence-electron chi connectivity index (χ1n) is 4.98. The van der Waals surface area contributed by atoms with Gasteiger partial charge in [0.15, 0.2) is 0 Å². The van der Waals surface area contributed by atoms with E-state index in [1.807, 2.05) is 11.4 Å². The molecule has 3 nitrogen and oxygen atoms in total. The highest BCUT2D eigenvalue weighted by Gasteiger charge is 2.38. The number of ether oxygens (including phenoxy) is 1. The van der Waals surface area contributed by atoms with Gasteiger partial charge in [0.2, 0.25) is 0 Å². The second kappa shape index (κ2) is 5.29. The second-order valence-corrected chi connectivity index (χ2v) is 5.87. The van der Waals surface area contributed by atoms with E-state index in [4.69, 9.17) is 4.74 Å². The van der Waals surface area contributed by atoms with Crippen molar-refractivity contribution in [1.29, 1.82) is 0 Å². The van der Waals surface area contributed by atoms with Crippen LogP contribution in [0.15, 0.2) is 15.9 Å². The van der Waals surface area contributed by atoms with Gasteiger partial charge in [0.25, 0.3) is 0 Å². The average molecular weight is 307 g/mol. The molecule has 0 amide bonds. The zero-order chi connectivity index (χ0) is 12.3. The normalized spacial score (nSPS) is 13.6. The molecule has 1 atom stereocenters. The molecule has 1 unspecified atom stereocenters. The van der Waals surface area contributed by atoms with Crippen LogP contribution < -0.4 is 0 Å². The van der Waals surface area contributed by atoms with Crippen molar-refractivity contribution in [3.8, 4) is 0 Å². The average Bonchev–Trinajstić information content (AvgIpc) is 2.64. The van der Waals surface area contributed by atoms with Crippen molar-refractivity contribution in [2.45, 2.75) is 26.9 Å². The topological polar surface area (TPSA) is 46.5 Å². The van der Waals surface area contributed by atoms with E-state index in [1.165, 1.54) is 11.3 Å². The number of hydrogen-bond acceptors (Lipinski definition) is 4. The molecule has 1 heterocycles. The third-order valence-corrected chi connectivity index (χ3v) is 4.09. The maximum atomic E-state index is 11.7. The van der Waals surface area contributed by atoms with Crippen molar-refractivity contribution in [2.75, 3.05) is 6.61 Å². The highest BCUT2D eigenvalue weighted by Crippen LogP contribution is 2.38. The zero-order valence-electron chi connectivity index (χ0n) is 9.49. The van der Waals surface area contributed by atoms with E-state index in [-0.39, 0.29) is 5.97 Å². The molecule has 1 rings (SSSR count). The van der Waals surface area contributed by atoms with Gasteiger partial charge in [-0.1, -0.05) is 0 Å². The summed E-state index contributed by atoms with van der Waals surface area (Å²) in [5, 5.41) is 12.0. The summed E-state index contributed by atoms with van der Waals surface area (Å²) in [5.74, 6) is -0.382. The molecule has 0 aromatic carbocycles. The van der Waals surface area contributed by atoms with Crippen molar-refractivity contribution >= 4 is 33.2 Å². The van der Waals surface area contributed by atoms with Gasteiger partial charge in [-0.2, -0.15) is 0 Å². The summed E-state index contributed by atoms with van der Waals surface area (Å²) in [7, 11) is 0. The molecule has 0 spiro atoms. The number of rotatable bonds is 4. The standard InChI is InChI=1S/C11H15BrO3S/c1-4-15-10(14)11(2,3)9(13)8-5-7(12)6-16-8/h5-6,9,13H,4H2,1-3H3. The van der Waals surface area contributed by atoms with E-state index in [1.54, 1.807) is 20.8 Å².